The maximum atomic E-state index is 12.5. The molecule has 2 unspecified atom stereocenters. The van der Waals surface area contributed by atoms with Gasteiger partial charge in [-0.25, -0.2) is 4.79 Å². The molecule has 3 rings (SSSR count). The Morgan fingerprint density at radius 1 is 0.907 bits per heavy atom. The predicted octanol–water partition coefficient (Wildman–Crippen LogP) is -8.22. The van der Waals surface area contributed by atoms with E-state index in [0.717, 1.165) is 6.92 Å². The van der Waals surface area contributed by atoms with Crippen molar-refractivity contribution in [3.05, 3.63) is 0 Å². The van der Waals surface area contributed by atoms with Gasteiger partial charge in [-0.05, 0) is 0 Å². The van der Waals surface area contributed by atoms with Crippen LogP contribution < -0.4 is 5.32 Å². The summed E-state index contributed by atoms with van der Waals surface area (Å²) in [4.78, 5) is 24.3. The lowest BCUT2D eigenvalue weighted by Crippen LogP contribution is -2.70. The van der Waals surface area contributed by atoms with Gasteiger partial charge in [0.2, 0.25) is 5.91 Å². The highest BCUT2D eigenvalue weighted by atomic mass is 16.8. The van der Waals surface area contributed by atoms with Gasteiger partial charge in [0.15, 0.2) is 12.6 Å². The summed E-state index contributed by atoms with van der Waals surface area (Å²) < 4.78 is 26.8. The summed E-state index contributed by atoms with van der Waals surface area (Å²) in [6, 6.07) is -1.54. The van der Waals surface area contributed by atoms with Crippen LogP contribution >= 0.6 is 0 Å². The number of carbonyl (C=O) groups is 2. The Bertz CT molecular complexity index is 942. The van der Waals surface area contributed by atoms with E-state index in [1.54, 1.807) is 0 Å². The third-order valence-electron chi connectivity index (χ3n) is 7.47. The van der Waals surface area contributed by atoms with E-state index >= 15 is 0 Å². The third-order valence-corrected chi connectivity index (χ3v) is 7.47. The molecule has 43 heavy (non-hydrogen) atoms. The maximum absolute atomic E-state index is 12.5. The summed E-state index contributed by atoms with van der Waals surface area (Å²) in [7, 11) is 0. The molecule has 3 heterocycles. The van der Waals surface area contributed by atoms with Crippen LogP contribution in [0.1, 0.15) is 13.3 Å². The van der Waals surface area contributed by atoms with E-state index in [9.17, 15) is 70.9 Å². The molecule has 3 saturated heterocycles. The molecule has 16 atom stereocenters. The highest BCUT2D eigenvalue weighted by Gasteiger charge is 2.60. The van der Waals surface area contributed by atoms with Gasteiger partial charge in [0, 0.05) is 13.3 Å². The number of rotatable bonds is 11. The van der Waals surface area contributed by atoms with Crippen LogP contribution in [0.2, 0.25) is 0 Å². The molecule has 20 nitrogen and oxygen atoms in total. The van der Waals surface area contributed by atoms with Crippen molar-refractivity contribution in [1.29, 1.82) is 0 Å². The Hall–Kier alpha value is -1.70. The lowest BCUT2D eigenvalue weighted by molar-refractivity contribution is -0.385. The molecule has 250 valence electrons. The number of hydrogen-bond donors (Lipinski definition) is 13. The quantitative estimate of drug-likeness (QED) is 0.100. The van der Waals surface area contributed by atoms with E-state index in [-0.39, 0.29) is 0 Å². The standard InChI is InChI=1S/C23H39NO19/c1-6(28)24-11-7(29)2-23(22(37)38,42-18(11)12(31)8(30)3-25)43-19-13(32)9(4-26)40-21(16(19)35)41-17-10(5-27)39-20(36)15(34)14(17)33/h7-21,25-27,29-36H,2-5H2,1H3,(H,24,28)(H,37,38)/t7-,8+,9+,10+,11+,12+,13-,14+,15+,16+,17+,18+,19-,20?,21?,23-/m0/s1. The second-order valence-electron chi connectivity index (χ2n) is 10.5. The Morgan fingerprint density at radius 3 is 2.07 bits per heavy atom. The van der Waals surface area contributed by atoms with Crippen molar-refractivity contribution in [3.8, 4) is 0 Å². The zero-order chi connectivity index (χ0) is 32.4. The minimum Gasteiger partial charge on any atom is -0.477 e. The number of carboxylic acid groups (broad SMARTS) is 1. The molecule has 3 aliphatic rings. The van der Waals surface area contributed by atoms with Crippen molar-refractivity contribution in [3.63, 3.8) is 0 Å². The van der Waals surface area contributed by atoms with Crippen LogP contribution in [-0.4, -0.2) is 191 Å². The lowest BCUT2D eigenvalue weighted by atomic mass is 9.88. The largest absolute Gasteiger partial charge is 0.477 e. The van der Waals surface area contributed by atoms with Crippen molar-refractivity contribution in [1.82, 2.24) is 5.32 Å². The van der Waals surface area contributed by atoms with Gasteiger partial charge in [0.25, 0.3) is 5.79 Å². The number of aliphatic hydroxyl groups is 11. The number of nitrogens with one attached hydrogen (secondary N) is 1. The average Bonchev–Trinajstić information content (AvgIpc) is 2.96. The van der Waals surface area contributed by atoms with E-state index in [4.69, 9.17) is 23.7 Å². The van der Waals surface area contributed by atoms with Crippen LogP contribution in [-0.2, 0) is 33.3 Å². The molecule has 3 aliphatic heterocycles. The van der Waals surface area contributed by atoms with Crippen molar-refractivity contribution >= 4 is 11.9 Å². The van der Waals surface area contributed by atoms with Crippen LogP contribution in [0.4, 0.5) is 0 Å². The molecule has 3 fully saturated rings. The fourth-order valence-corrected chi connectivity index (χ4v) is 5.16. The Kier molecular flexibility index (Phi) is 12.1. The minimum atomic E-state index is -3.02. The molecule has 20 heteroatoms. The molecular formula is C23H39NO19. The average molecular weight is 634 g/mol. The summed E-state index contributed by atoms with van der Waals surface area (Å²) in [5, 5.41) is 124. The first-order chi connectivity index (χ1) is 20.1. The highest BCUT2D eigenvalue weighted by molar-refractivity contribution is 5.76. The minimum absolute atomic E-state index is 0.749. The lowest BCUT2D eigenvalue weighted by Gasteiger charge is -2.50. The van der Waals surface area contributed by atoms with Gasteiger partial charge >= 0.3 is 5.97 Å². The van der Waals surface area contributed by atoms with Crippen LogP contribution in [0.3, 0.4) is 0 Å². The van der Waals surface area contributed by atoms with Crippen LogP contribution in [0.25, 0.3) is 0 Å². The molecule has 0 bridgehead atoms. The summed E-state index contributed by atoms with van der Waals surface area (Å²) in [5.41, 5.74) is 0. The van der Waals surface area contributed by atoms with Crippen LogP contribution in [0.15, 0.2) is 0 Å². The molecule has 0 aromatic heterocycles. The second-order valence-corrected chi connectivity index (χ2v) is 10.5. The van der Waals surface area contributed by atoms with E-state index in [1.165, 1.54) is 0 Å². The van der Waals surface area contributed by atoms with Crippen molar-refractivity contribution in [2.75, 3.05) is 19.8 Å². The van der Waals surface area contributed by atoms with Gasteiger partial charge in [0.05, 0.1) is 32.0 Å². The Labute approximate surface area is 243 Å². The van der Waals surface area contributed by atoms with Gasteiger partial charge < -0.3 is 90.3 Å². The van der Waals surface area contributed by atoms with Gasteiger partial charge in [-0.3, -0.25) is 4.79 Å². The maximum Gasteiger partial charge on any atom is 0.364 e. The normalized spacial score (nSPS) is 45.3. The van der Waals surface area contributed by atoms with E-state index < -0.39 is 136 Å². The Morgan fingerprint density at radius 2 is 1.53 bits per heavy atom. The summed E-state index contributed by atoms with van der Waals surface area (Å²) in [6.45, 7) is -1.85. The zero-order valence-corrected chi connectivity index (χ0v) is 22.7. The zero-order valence-electron chi connectivity index (χ0n) is 22.7. The molecule has 1 amide bonds. The fraction of sp³-hybridized carbons (Fsp3) is 0.913. The van der Waals surface area contributed by atoms with Gasteiger partial charge in [-0.2, -0.15) is 0 Å². The molecule has 0 spiro atoms. The number of carbonyl (C=O) groups excluding carboxylic acids is 1. The number of carboxylic acids is 1. The van der Waals surface area contributed by atoms with E-state index in [0.29, 0.717) is 0 Å². The number of amides is 1. The van der Waals surface area contributed by atoms with Crippen molar-refractivity contribution in [2.45, 2.75) is 111 Å². The number of ether oxygens (including phenoxy) is 5. The number of hydrogen-bond acceptors (Lipinski definition) is 18. The van der Waals surface area contributed by atoms with Gasteiger partial charge in [0.1, 0.15) is 67.1 Å². The summed E-state index contributed by atoms with van der Waals surface area (Å²) in [5.74, 6) is -5.74. The van der Waals surface area contributed by atoms with E-state index in [1.807, 2.05) is 0 Å². The monoisotopic (exact) mass is 633 g/mol. The Balaban J connectivity index is 1.94. The third kappa shape index (κ3) is 7.41. The molecule has 0 aromatic carbocycles. The molecular weight excluding hydrogens is 594 g/mol. The van der Waals surface area contributed by atoms with Gasteiger partial charge in [-0.1, -0.05) is 0 Å². The second kappa shape index (κ2) is 14.6. The smallest absolute Gasteiger partial charge is 0.364 e. The van der Waals surface area contributed by atoms with Crippen LogP contribution in [0, 0.1) is 0 Å². The fourth-order valence-electron chi connectivity index (χ4n) is 5.16. The first kappa shape index (κ1) is 35.8. The van der Waals surface area contributed by atoms with Crippen molar-refractivity contribution in [2.24, 2.45) is 0 Å². The molecule has 0 radical (unpaired) electrons. The predicted molar refractivity (Wildman–Crippen MR) is 130 cm³/mol. The highest BCUT2D eigenvalue weighted by Crippen LogP contribution is 2.38. The summed E-state index contributed by atoms with van der Waals surface area (Å²) in [6.07, 6.45) is -27.8. The molecule has 0 aromatic rings. The first-order valence-corrected chi connectivity index (χ1v) is 13.2. The number of aliphatic carboxylic acids is 1. The van der Waals surface area contributed by atoms with Crippen molar-refractivity contribution < 1.29 is 94.6 Å². The van der Waals surface area contributed by atoms with Gasteiger partial charge in [-0.15, -0.1) is 0 Å². The topological polar surface area (TPSA) is 335 Å². The molecule has 0 aliphatic carbocycles. The SMILES string of the molecule is CC(=O)N[C@H]1[C@H]([C@H](O)[C@H](O)CO)O[C@@](O[C@H]2[C@@H](O)[C@@H](CO)OC(O[C@H]3[C@H](O)[C@@H](O)C(O)O[C@@H]3CO)[C@@H]2O)(C(=O)O)C[C@@H]1O. The number of aliphatic hydroxyl groups excluding tert-OH is 11. The van der Waals surface area contributed by atoms with E-state index in [2.05, 4.69) is 5.32 Å². The first-order valence-electron chi connectivity index (χ1n) is 13.2. The molecule has 13 N–H and O–H groups in total. The molecule has 0 saturated carbocycles. The summed E-state index contributed by atoms with van der Waals surface area (Å²) >= 11 is 0. The van der Waals surface area contributed by atoms with Crippen LogP contribution in [0.5, 0.6) is 0 Å².